The number of aromatic nitrogens is 3. The molecule has 0 N–H and O–H groups in total. The molecule has 0 aliphatic rings. The Hall–Kier alpha value is -3.06. The molecule has 2 aromatic carbocycles. The lowest BCUT2D eigenvalue weighted by molar-refractivity contribution is 0.101. The van der Waals surface area contributed by atoms with Crippen LogP contribution < -0.4 is 9.47 Å². The van der Waals surface area contributed by atoms with Crippen molar-refractivity contribution in [1.82, 2.24) is 14.8 Å². The highest BCUT2D eigenvalue weighted by Crippen LogP contribution is 2.29. The van der Waals surface area contributed by atoms with Crippen LogP contribution in [0, 0.1) is 6.92 Å². The van der Waals surface area contributed by atoms with Gasteiger partial charge in [0.1, 0.15) is 18.1 Å². The SMILES string of the molecule is C=CCn1c(COc2cccc(C)c2)nnc1SCc1cc(C(C)=O)ccc1OC. The standard InChI is InChI=1S/C23H25N3O3S/c1-5-11-26-22(14-29-20-8-6-7-16(2)12-20)24-25-23(26)30-15-19-13-18(17(3)27)9-10-21(19)28-4/h5-10,12-13H,1,11,14-15H2,2-4H3. The monoisotopic (exact) mass is 423 g/mol. The lowest BCUT2D eigenvalue weighted by Crippen LogP contribution is -2.07. The average Bonchev–Trinajstić information content (AvgIpc) is 3.12. The van der Waals surface area contributed by atoms with Crippen LogP contribution in [0.4, 0.5) is 0 Å². The number of hydrogen-bond donors (Lipinski definition) is 0. The van der Waals surface area contributed by atoms with E-state index in [9.17, 15) is 4.79 Å². The van der Waals surface area contributed by atoms with Crippen LogP contribution in [0.5, 0.6) is 11.5 Å². The van der Waals surface area contributed by atoms with Gasteiger partial charge in [-0.25, -0.2) is 0 Å². The van der Waals surface area contributed by atoms with Gasteiger partial charge in [0, 0.05) is 23.4 Å². The Kier molecular flexibility index (Phi) is 7.30. The Morgan fingerprint density at radius 3 is 2.77 bits per heavy atom. The van der Waals surface area contributed by atoms with Gasteiger partial charge in [0.05, 0.1) is 7.11 Å². The molecular weight excluding hydrogens is 398 g/mol. The molecule has 30 heavy (non-hydrogen) atoms. The minimum Gasteiger partial charge on any atom is -0.496 e. The van der Waals surface area contributed by atoms with E-state index in [0.29, 0.717) is 24.5 Å². The van der Waals surface area contributed by atoms with Crippen LogP contribution in [0.2, 0.25) is 0 Å². The van der Waals surface area contributed by atoms with Crippen molar-refractivity contribution in [2.75, 3.05) is 7.11 Å². The van der Waals surface area contributed by atoms with E-state index in [1.54, 1.807) is 26.2 Å². The number of hydrogen-bond acceptors (Lipinski definition) is 6. The number of carbonyl (C=O) groups is 1. The highest BCUT2D eigenvalue weighted by molar-refractivity contribution is 7.98. The molecule has 3 aromatic rings. The van der Waals surface area contributed by atoms with Gasteiger partial charge in [-0.2, -0.15) is 0 Å². The molecule has 0 aliphatic carbocycles. The summed E-state index contributed by atoms with van der Waals surface area (Å²) in [6.07, 6.45) is 1.81. The topological polar surface area (TPSA) is 66.2 Å². The van der Waals surface area contributed by atoms with Gasteiger partial charge in [-0.3, -0.25) is 9.36 Å². The number of nitrogens with zero attached hydrogens (tertiary/aromatic N) is 3. The maximum Gasteiger partial charge on any atom is 0.191 e. The Balaban J connectivity index is 1.76. The van der Waals surface area contributed by atoms with Crippen molar-refractivity contribution in [3.05, 3.63) is 77.6 Å². The third-order valence-corrected chi connectivity index (χ3v) is 5.52. The predicted molar refractivity (Wildman–Crippen MR) is 118 cm³/mol. The van der Waals surface area contributed by atoms with Gasteiger partial charge in [0.25, 0.3) is 0 Å². The maximum absolute atomic E-state index is 11.7. The van der Waals surface area contributed by atoms with E-state index < -0.39 is 0 Å². The van der Waals surface area contributed by atoms with Gasteiger partial charge in [0.2, 0.25) is 0 Å². The summed E-state index contributed by atoms with van der Waals surface area (Å²) in [5.41, 5.74) is 2.73. The van der Waals surface area contributed by atoms with Crippen molar-refractivity contribution in [2.45, 2.75) is 37.9 Å². The van der Waals surface area contributed by atoms with Gasteiger partial charge in [-0.05, 0) is 49.7 Å². The fourth-order valence-electron chi connectivity index (χ4n) is 2.95. The fourth-order valence-corrected chi connectivity index (χ4v) is 3.90. The number of ketones is 1. The normalized spacial score (nSPS) is 10.6. The second kappa shape index (κ2) is 10.1. The first-order chi connectivity index (χ1) is 14.5. The average molecular weight is 424 g/mol. The molecule has 0 atom stereocenters. The highest BCUT2D eigenvalue weighted by Gasteiger charge is 2.15. The van der Waals surface area contributed by atoms with Crippen LogP contribution in [0.3, 0.4) is 0 Å². The number of allylic oxidation sites excluding steroid dienone is 1. The minimum absolute atomic E-state index is 0.0225. The highest BCUT2D eigenvalue weighted by atomic mass is 32.2. The van der Waals surface area contributed by atoms with E-state index in [1.807, 2.05) is 47.9 Å². The summed E-state index contributed by atoms with van der Waals surface area (Å²) in [4.78, 5) is 11.7. The Morgan fingerprint density at radius 1 is 1.23 bits per heavy atom. The van der Waals surface area contributed by atoms with Gasteiger partial charge in [-0.1, -0.05) is 30.0 Å². The Morgan fingerprint density at radius 2 is 2.07 bits per heavy atom. The third-order valence-electron chi connectivity index (χ3n) is 4.51. The van der Waals surface area contributed by atoms with Crippen LogP contribution in [-0.4, -0.2) is 27.7 Å². The van der Waals surface area contributed by atoms with Gasteiger partial charge < -0.3 is 9.47 Å². The first kappa shape index (κ1) is 21.6. The van der Waals surface area contributed by atoms with Gasteiger partial charge in [0.15, 0.2) is 16.8 Å². The molecule has 0 amide bonds. The van der Waals surface area contributed by atoms with Gasteiger partial charge >= 0.3 is 0 Å². The molecule has 1 heterocycles. The molecule has 0 bridgehead atoms. The van der Waals surface area contributed by atoms with E-state index in [-0.39, 0.29) is 5.78 Å². The van der Waals surface area contributed by atoms with Crippen molar-refractivity contribution >= 4 is 17.5 Å². The molecule has 156 valence electrons. The van der Waals surface area contributed by atoms with Crippen molar-refractivity contribution in [1.29, 1.82) is 0 Å². The smallest absolute Gasteiger partial charge is 0.191 e. The van der Waals surface area contributed by atoms with Gasteiger partial charge in [-0.15, -0.1) is 16.8 Å². The fraction of sp³-hybridized carbons (Fsp3) is 0.261. The first-order valence-electron chi connectivity index (χ1n) is 9.55. The summed E-state index contributed by atoms with van der Waals surface area (Å²) in [7, 11) is 1.62. The van der Waals surface area contributed by atoms with E-state index in [1.165, 1.54) is 11.8 Å². The largest absolute Gasteiger partial charge is 0.496 e. The van der Waals surface area contributed by atoms with E-state index in [2.05, 4.69) is 16.8 Å². The lowest BCUT2D eigenvalue weighted by Gasteiger charge is -2.11. The van der Waals surface area contributed by atoms with E-state index in [4.69, 9.17) is 9.47 Å². The molecule has 0 radical (unpaired) electrons. The predicted octanol–water partition coefficient (Wildman–Crippen LogP) is 4.86. The van der Waals surface area contributed by atoms with Crippen molar-refractivity contribution in [2.24, 2.45) is 0 Å². The van der Waals surface area contributed by atoms with Crippen molar-refractivity contribution < 1.29 is 14.3 Å². The summed E-state index contributed by atoms with van der Waals surface area (Å²) < 4.78 is 13.3. The van der Waals surface area contributed by atoms with E-state index in [0.717, 1.165) is 33.6 Å². The third kappa shape index (κ3) is 5.30. The molecule has 6 nitrogen and oxygen atoms in total. The molecule has 0 saturated carbocycles. The molecule has 1 aromatic heterocycles. The number of ether oxygens (including phenoxy) is 2. The quantitative estimate of drug-likeness (QED) is 0.264. The van der Waals surface area contributed by atoms with Crippen molar-refractivity contribution in [3.63, 3.8) is 0 Å². The summed E-state index contributed by atoms with van der Waals surface area (Å²) >= 11 is 1.53. The molecule has 0 saturated heterocycles. The molecule has 0 unspecified atom stereocenters. The maximum atomic E-state index is 11.7. The zero-order valence-electron chi connectivity index (χ0n) is 17.4. The summed E-state index contributed by atoms with van der Waals surface area (Å²) in [5.74, 6) is 2.88. The number of methoxy groups -OCH3 is 1. The number of benzene rings is 2. The lowest BCUT2D eigenvalue weighted by atomic mass is 10.1. The van der Waals surface area contributed by atoms with Crippen LogP contribution in [-0.2, 0) is 18.9 Å². The molecule has 7 heteroatoms. The molecule has 0 aliphatic heterocycles. The Labute approximate surface area is 180 Å². The zero-order valence-corrected chi connectivity index (χ0v) is 18.2. The van der Waals surface area contributed by atoms with E-state index >= 15 is 0 Å². The number of aryl methyl sites for hydroxylation is 1. The van der Waals surface area contributed by atoms with Crippen LogP contribution in [0.15, 0.2) is 60.3 Å². The number of rotatable bonds is 10. The van der Waals surface area contributed by atoms with Crippen LogP contribution in [0.25, 0.3) is 0 Å². The second-order valence-corrected chi connectivity index (χ2v) is 7.72. The summed E-state index contributed by atoms with van der Waals surface area (Å²) in [5, 5.41) is 9.40. The number of thioether (sulfide) groups is 1. The number of Topliss-reactive ketones (excluding diaryl/α,β-unsaturated/α-hetero) is 1. The molecular formula is C23H25N3O3S. The molecule has 3 rings (SSSR count). The van der Waals surface area contributed by atoms with Crippen LogP contribution in [0.1, 0.15) is 34.2 Å². The van der Waals surface area contributed by atoms with Crippen LogP contribution >= 0.6 is 11.8 Å². The summed E-state index contributed by atoms with van der Waals surface area (Å²) in [6.45, 7) is 8.31. The molecule has 0 fully saturated rings. The Bertz CT molecular complexity index is 1050. The second-order valence-electron chi connectivity index (χ2n) is 6.77. The first-order valence-corrected chi connectivity index (χ1v) is 10.5. The van der Waals surface area contributed by atoms with Crippen molar-refractivity contribution in [3.8, 4) is 11.5 Å². The minimum atomic E-state index is 0.0225. The molecule has 0 spiro atoms. The summed E-state index contributed by atoms with van der Waals surface area (Å²) in [6, 6.07) is 13.4. The number of carbonyl (C=O) groups excluding carboxylic acids is 1. The zero-order chi connectivity index (χ0) is 21.5.